The minimum Gasteiger partial charge on any atom is -0.377 e. The summed E-state index contributed by atoms with van der Waals surface area (Å²) in [6.45, 7) is 2.10. The average molecular weight is 260 g/mol. The van der Waals surface area contributed by atoms with E-state index in [4.69, 9.17) is 9.26 Å². The number of hydrogen-bond donors (Lipinski definition) is 0. The van der Waals surface area contributed by atoms with Crippen LogP contribution in [-0.4, -0.2) is 29.6 Å². The molecule has 1 aromatic carbocycles. The fourth-order valence-electron chi connectivity index (χ4n) is 1.70. The van der Waals surface area contributed by atoms with Crippen molar-refractivity contribution in [3.8, 4) is 0 Å². The number of rotatable bonds is 6. The predicted octanol–water partition coefficient (Wildman–Crippen LogP) is 1.73. The van der Waals surface area contributed by atoms with Gasteiger partial charge in [-0.2, -0.15) is 4.98 Å². The monoisotopic (exact) mass is 260 g/mol. The van der Waals surface area contributed by atoms with E-state index < -0.39 is 0 Å². The van der Waals surface area contributed by atoms with Crippen LogP contribution >= 0.6 is 0 Å². The number of benzene rings is 1. The molecule has 1 heterocycles. The Kier molecular flexibility index (Phi) is 4.41. The van der Waals surface area contributed by atoms with Gasteiger partial charge < -0.3 is 9.26 Å². The summed E-state index contributed by atoms with van der Waals surface area (Å²) in [5, 5.41) is 3.87. The van der Waals surface area contributed by atoms with Crippen LogP contribution in [0.3, 0.4) is 0 Å². The topological polar surface area (TPSA) is 65.2 Å². The van der Waals surface area contributed by atoms with Gasteiger partial charge in [0.05, 0.1) is 6.42 Å². The first-order chi connectivity index (χ1) is 9.17. The number of aryl methyl sites for hydroxylation is 1. The van der Waals surface area contributed by atoms with E-state index in [2.05, 4.69) is 10.1 Å². The maximum absolute atomic E-state index is 11.4. The number of aromatic nitrogens is 2. The van der Waals surface area contributed by atoms with E-state index >= 15 is 0 Å². The van der Waals surface area contributed by atoms with Crippen LogP contribution in [0.15, 0.2) is 28.8 Å². The van der Waals surface area contributed by atoms with Crippen LogP contribution in [0.2, 0.25) is 0 Å². The lowest BCUT2D eigenvalue weighted by molar-refractivity contribution is -0.122. The van der Waals surface area contributed by atoms with E-state index in [0.29, 0.717) is 18.1 Å². The average Bonchev–Trinajstić information content (AvgIpc) is 2.80. The van der Waals surface area contributed by atoms with Crippen molar-refractivity contribution >= 4 is 5.78 Å². The second-order valence-electron chi connectivity index (χ2n) is 4.42. The van der Waals surface area contributed by atoms with Gasteiger partial charge in [0.25, 0.3) is 0 Å². The second-order valence-corrected chi connectivity index (χ2v) is 4.42. The lowest BCUT2D eigenvalue weighted by Gasteiger charge is -1.97. The maximum atomic E-state index is 11.4. The zero-order valence-corrected chi connectivity index (χ0v) is 11.0. The van der Waals surface area contributed by atoms with Crippen LogP contribution in [0.1, 0.15) is 22.8 Å². The standard InChI is InChI=1S/C14H16N2O3/c1-10-3-5-11(6-4-10)7-13-15-14(19-16-13)8-12(17)9-18-2/h3-6H,7-9H2,1-2H3. The van der Waals surface area contributed by atoms with Gasteiger partial charge in [0.15, 0.2) is 11.6 Å². The SMILES string of the molecule is COCC(=O)Cc1nc(Cc2ccc(C)cc2)no1. The molecule has 0 amide bonds. The van der Waals surface area contributed by atoms with E-state index in [1.54, 1.807) is 0 Å². The van der Waals surface area contributed by atoms with Crippen molar-refractivity contribution in [2.75, 3.05) is 13.7 Å². The van der Waals surface area contributed by atoms with Gasteiger partial charge in [0.2, 0.25) is 5.89 Å². The van der Waals surface area contributed by atoms with Gasteiger partial charge in [0, 0.05) is 13.5 Å². The zero-order chi connectivity index (χ0) is 13.7. The number of methoxy groups -OCH3 is 1. The van der Waals surface area contributed by atoms with Crippen LogP contribution in [0.5, 0.6) is 0 Å². The van der Waals surface area contributed by atoms with E-state index in [9.17, 15) is 4.79 Å². The molecule has 2 aromatic rings. The van der Waals surface area contributed by atoms with Gasteiger partial charge in [-0.05, 0) is 12.5 Å². The van der Waals surface area contributed by atoms with Crippen LogP contribution in [0, 0.1) is 6.92 Å². The molecule has 0 N–H and O–H groups in total. The van der Waals surface area contributed by atoms with Gasteiger partial charge in [-0.15, -0.1) is 0 Å². The zero-order valence-electron chi connectivity index (χ0n) is 11.0. The van der Waals surface area contributed by atoms with E-state index in [-0.39, 0.29) is 18.8 Å². The third-order valence-electron chi connectivity index (χ3n) is 2.65. The molecule has 0 unspecified atom stereocenters. The largest absolute Gasteiger partial charge is 0.377 e. The fraction of sp³-hybridized carbons (Fsp3) is 0.357. The Morgan fingerprint density at radius 3 is 2.74 bits per heavy atom. The Bertz CT molecular complexity index is 546. The lowest BCUT2D eigenvalue weighted by atomic mass is 10.1. The van der Waals surface area contributed by atoms with E-state index in [0.717, 1.165) is 5.56 Å². The van der Waals surface area contributed by atoms with Crippen molar-refractivity contribution in [2.45, 2.75) is 19.8 Å². The maximum Gasteiger partial charge on any atom is 0.234 e. The summed E-state index contributed by atoms with van der Waals surface area (Å²) in [7, 11) is 1.48. The second kappa shape index (κ2) is 6.24. The smallest absolute Gasteiger partial charge is 0.234 e. The molecule has 0 aliphatic rings. The molecular formula is C14H16N2O3. The number of hydrogen-bond acceptors (Lipinski definition) is 5. The van der Waals surface area contributed by atoms with Gasteiger partial charge in [-0.3, -0.25) is 4.79 Å². The summed E-state index contributed by atoms with van der Waals surface area (Å²) < 4.78 is 9.79. The van der Waals surface area contributed by atoms with Crippen molar-refractivity contribution in [1.82, 2.24) is 10.1 Å². The molecule has 5 nitrogen and oxygen atoms in total. The number of carbonyl (C=O) groups excluding carboxylic acids is 1. The molecule has 0 radical (unpaired) electrons. The molecule has 0 bridgehead atoms. The first-order valence-electron chi connectivity index (χ1n) is 6.05. The molecule has 0 saturated heterocycles. The predicted molar refractivity (Wildman–Crippen MR) is 68.9 cm³/mol. The molecular weight excluding hydrogens is 244 g/mol. The molecule has 0 aliphatic heterocycles. The molecule has 0 atom stereocenters. The van der Waals surface area contributed by atoms with E-state index in [1.165, 1.54) is 12.7 Å². The summed E-state index contributed by atoms with van der Waals surface area (Å²) in [4.78, 5) is 15.6. The first kappa shape index (κ1) is 13.4. The number of ether oxygens (including phenoxy) is 1. The van der Waals surface area contributed by atoms with Crippen LogP contribution in [-0.2, 0) is 22.4 Å². The number of Topliss-reactive ketones (excluding diaryl/α,β-unsaturated/α-hetero) is 1. The Morgan fingerprint density at radius 1 is 1.32 bits per heavy atom. The molecule has 0 spiro atoms. The third-order valence-corrected chi connectivity index (χ3v) is 2.65. The Hall–Kier alpha value is -2.01. The Morgan fingerprint density at radius 2 is 2.05 bits per heavy atom. The Labute approximate surface area is 111 Å². The summed E-state index contributed by atoms with van der Waals surface area (Å²) in [5.41, 5.74) is 2.32. The van der Waals surface area contributed by atoms with Crippen molar-refractivity contribution in [1.29, 1.82) is 0 Å². The van der Waals surface area contributed by atoms with Gasteiger partial charge >= 0.3 is 0 Å². The van der Waals surface area contributed by atoms with Gasteiger partial charge in [-0.25, -0.2) is 0 Å². The minimum atomic E-state index is -0.0759. The molecule has 0 fully saturated rings. The molecule has 19 heavy (non-hydrogen) atoms. The van der Waals surface area contributed by atoms with Crippen LogP contribution in [0.25, 0.3) is 0 Å². The Balaban J connectivity index is 1.97. The number of ketones is 1. The fourth-order valence-corrected chi connectivity index (χ4v) is 1.70. The number of carbonyl (C=O) groups is 1. The summed E-state index contributed by atoms with van der Waals surface area (Å²) in [6.07, 6.45) is 0.719. The van der Waals surface area contributed by atoms with Crippen molar-refractivity contribution < 1.29 is 14.1 Å². The highest BCUT2D eigenvalue weighted by Gasteiger charge is 2.11. The third kappa shape index (κ3) is 3.99. The minimum absolute atomic E-state index is 0.0652. The van der Waals surface area contributed by atoms with Crippen LogP contribution < -0.4 is 0 Å². The van der Waals surface area contributed by atoms with Crippen molar-refractivity contribution in [2.24, 2.45) is 0 Å². The molecule has 5 heteroatoms. The summed E-state index contributed by atoms with van der Waals surface area (Å²) in [6, 6.07) is 8.14. The number of nitrogens with zero attached hydrogens (tertiary/aromatic N) is 2. The van der Waals surface area contributed by atoms with Crippen molar-refractivity contribution in [3.05, 3.63) is 47.1 Å². The quantitative estimate of drug-likeness (QED) is 0.791. The highest BCUT2D eigenvalue weighted by Crippen LogP contribution is 2.09. The first-order valence-corrected chi connectivity index (χ1v) is 6.05. The lowest BCUT2D eigenvalue weighted by Crippen LogP contribution is -2.09. The van der Waals surface area contributed by atoms with Crippen molar-refractivity contribution in [3.63, 3.8) is 0 Å². The molecule has 2 rings (SSSR count). The molecule has 100 valence electrons. The highest BCUT2D eigenvalue weighted by atomic mass is 16.5. The molecule has 0 saturated carbocycles. The normalized spacial score (nSPS) is 10.6. The molecule has 1 aromatic heterocycles. The highest BCUT2D eigenvalue weighted by molar-refractivity contribution is 5.81. The summed E-state index contributed by atoms with van der Waals surface area (Å²) >= 11 is 0. The van der Waals surface area contributed by atoms with Gasteiger partial charge in [-0.1, -0.05) is 35.0 Å². The summed E-state index contributed by atoms with van der Waals surface area (Å²) in [5.74, 6) is 0.848. The van der Waals surface area contributed by atoms with Gasteiger partial charge in [0.1, 0.15) is 6.61 Å². The van der Waals surface area contributed by atoms with Crippen LogP contribution in [0.4, 0.5) is 0 Å². The van der Waals surface area contributed by atoms with E-state index in [1.807, 2.05) is 31.2 Å². The molecule has 0 aliphatic carbocycles.